The first-order valence-electron chi connectivity index (χ1n) is 5.99. The summed E-state index contributed by atoms with van der Waals surface area (Å²) in [7, 11) is 0. The average molecular weight is 326 g/mol. The standard InChI is InChI=1S/C15H14BrF2N/c16-15-11(2-1-3-14(15)18)9-13(19)8-10-4-6-12(17)7-5-10/h1-7,13H,8-9,19H2. The Kier molecular flexibility index (Phi) is 4.66. The van der Waals surface area contributed by atoms with Gasteiger partial charge in [0.2, 0.25) is 0 Å². The molecule has 19 heavy (non-hydrogen) atoms. The minimum absolute atomic E-state index is 0.136. The van der Waals surface area contributed by atoms with Crippen molar-refractivity contribution in [3.05, 3.63) is 69.7 Å². The van der Waals surface area contributed by atoms with Gasteiger partial charge in [-0.1, -0.05) is 24.3 Å². The maximum atomic E-state index is 13.4. The highest BCUT2D eigenvalue weighted by atomic mass is 79.9. The van der Waals surface area contributed by atoms with Crippen LogP contribution in [-0.2, 0) is 12.8 Å². The lowest BCUT2D eigenvalue weighted by Crippen LogP contribution is -2.25. The van der Waals surface area contributed by atoms with E-state index >= 15 is 0 Å². The fourth-order valence-corrected chi connectivity index (χ4v) is 2.41. The predicted molar refractivity (Wildman–Crippen MR) is 75.9 cm³/mol. The van der Waals surface area contributed by atoms with Gasteiger partial charge >= 0.3 is 0 Å². The quantitative estimate of drug-likeness (QED) is 0.908. The molecule has 1 nitrogen and oxygen atoms in total. The SMILES string of the molecule is NC(Cc1ccc(F)cc1)Cc1cccc(F)c1Br. The maximum absolute atomic E-state index is 13.4. The van der Waals surface area contributed by atoms with Gasteiger partial charge in [0.15, 0.2) is 0 Å². The molecule has 2 rings (SSSR count). The molecule has 0 saturated heterocycles. The molecule has 0 radical (unpaired) electrons. The summed E-state index contributed by atoms with van der Waals surface area (Å²) in [5.41, 5.74) is 7.87. The average Bonchev–Trinajstić information content (AvgIpc) is 2.38. The van der Waals surface area contributed by atoms with E-state index in [1.54, 1.807) is 18.2 Å². The van der Waals surface area contributed by atoms with Crippen LogP contribution in [0.2, 0.25) is 0 Å². The highest BCUT2D eigenvalue weighted by Gasteiger charge is 2.10. The zero-order chi connectivity index (χ0) is 13.8. The second-order valence-electron chi connectivity index (χ2n) is 4.51. The van der Waals surface area contributed by atoms with Crippen molar-refractivity contribution in [1.82, 2.24) is 0 Å². The molecule has 0 fully saturated rings. The van der Waals surface area contributed by atoms with Gasteiger partial charge in [-0.25, -0.2) is 8.78 Å². The van der Waals surface area contributed by atoms with Crippen molar-refractivity contribution in [2.75, 3.05) is 0 Å². The third-order valence-corrected chi connectivity index (χ3v) is 3.81. The third kappa shape index (κ3) is 3.85. The fraction of sp³-hybridized carbons (Fsp3) is 0.200. The number of halogens is 3. The molecule has 4 heteroatoms. The fourth-order valence-electron chi connectivity index (χ4n) is 1.98. The number of nitrogens with two attached hydrogens (primary N) is 1. The minimum atomic E-state index is -0.286. The Bertz CT molecular complexity index is 555. The molecule has 2 N–H and O–H groups in total. The minimum Gasteiger partial charge on any atom is -0.327 e. The Morgan fingerprint density at radius 2 is 1.68 bits per heavy atom. The van der Waals surface area contributed by atoms with Gasteiger partial charge in [0, 0.05) is 6.04 Å². The Morgan fingerprint density at radius 1 is 1.00 bits per heavy atom. The molecule has 0 amide bonds. The van der Waals surface area contributed by atoms with Crippen LogP contribution in [0.5, 0.6) is 0 Å². The van der Waals surface area contributed by atoms with E-state index in [2.05, 4.69) is 15.9 Å². The van der Waals surface area contributed by atoms with Gasteiger partial charge in [-0.15, -0.1) is 0 Å². The molecule has 2 aromatic carbocycles. The highest BCUT2D eigenvalue weighted by molar-refractivity contribution is 9.10. The summed E-state index contributed by atoms with van der Waals surface area (Å²) in [5, 5.41) is 0. The molecule has 0 aliphatic carbocycles. The number of benzene rings is 2. The monoisotopic (exact) mass is 325 g/mol. The Labute approximate surface area is 119 Å². The van der Waals surface area contributed by atoms with Crippen molar-refractivity contribution in [2.24, 2.45) is 5.73 Å². The molecule has 0 aliphatic rings. The number of rotatable bonds is 4. The van der Waals surface area contributed by atoms with E-state index in [0.717, 1.165) is 11.1 Å². The molecule has 0 saturated carbocycles. The lowest BCUT2D eigenvalue weighted by molar-refractivity contribution is 0.608. The molecule has 0 bridgehead atoms. The number of hydrogen-bond acceptors (Lipinski definition) is 1. The third-order valence-electron chi connectivity index (χ3n) is 2.92. The van der Waals surface area contributed by atoms with E-state index in [0.29, 0.717) is 17.3 Å². The van der Waals surface area contributed by atoms with E-state index in [9.17, 15) is 8.78 Å². The predicted octanol–water partition coefficient (Wildman–Crippen LogP) is 3.84. The van der Waals surface area contributed by atoms with Crippen molar-refractivity contribution in [3.8, 4) is 0 Å². The summed E-state index contributed by atoms with van der Waals surface area (Å²) in [4.78, 5) is 0. The van der Waals surface area contributed by atoms with Gasteiger partial charge in [-0.3, -0.25) is 0 Å². The summed E-state index contributed by atoms with van der Waals surface area (Å²) < 4.78 is 26.6. The maximum Gasteiger partial charge on any atom is 0.137 e. The van der Waals surface area contributed by atoms with Crippen LogP contribution in [0, 0.1) is 11.6 Å². The topological polar surface area (TPSA) is 26.0 Å². The second-order valence-corrected chi connectivity index (χ2v) is 5.30. The summed E-state index contributed by atoms with van der Waals surface area (Å²) in [6.07, 6.45) is 1.19. The van der Waals surface area contributed by atoms with Gasteiger partial charge in [-0.2, -0.15) is 0 Å². The lowest BCUT2D eigenvalue weighted by Gasteiger charge is -2.13. The Morgan fingerprint density at radius 3 is 2.37 bits per heavy atom. The van der Waals surface area contributed by atoms with Crippen LogP contribution in [0.3, 0.4) is 0 Å². The zero-order valence-electron chi connectivity index (χ0n) is 10.2. The zero-order valence-corrected chi connectivity index (χ0v) is 11.8. The molecule has 1 atom stereocenters. The summed E-state index contributed by atoms with van der Waals surface area (Å²) in [6.45, 7) is 0. The highest BCUT2D eigenvalue weighted by Crippen LogP contribution is 2.22. The first-order chi connectivity index (χ1) is 9.06. The molecule has 0 heterocycles. The van der Waals surface area contributed by atoms with Gasteiger partial charge in [0.1, 0.15) is 11.6 Å². The second kappa shape index (κ2) is 6.26. The summed E-state index contributed by atoms with van der Waals surface area (Å²) >= 11 is 3.22. The Balaban J connectivity index is 2.03. The van der Waals surface area contributed by atoms with Gasteiger partial charge < -0.3 is 5.73 Å². The van der Waals surface area contributed by atoms with E-state index in [1.165, 1.54) is 18.2 Å². The summed E-state index contributed by atoms with van der Waals surface area (Å²) in [5.74, 6) is -0.545. The van der Waals surface area contributed by atoms with Crippen molar-refractivity contribution in [3.63, 3.8) is 0 Å². The molecular formula is C15H14BrF2N. The molecule has 1 unspecified atom stereocenters. The lowest BCUT2D eigenvalue weighted by atomic mass is 10.00. The van der Waals surface area contributed by atoms with Crippen molar-refractivity contribution in [2.45, 2.75) is 18.9 Å². The normalized spacial score (nSPS) is 12.4. The molecule has 0 aromatic heterocycles. The molecule has 0 spiro atoms. The van der Waals surface area contributed by atoms with Crippen LogP contribution < -0.4 is 5.73 Å². The largest absolute Gasteiger partial charge is 0.327 e. The van der Waals surface area contributed by atoms with Crippen LogP contribution in [0.1, 0.15) is 11.1 Å². The van der Waals surface area contributed by atoms with E-state index in [-0.39, 0.29) is 17.7 Å². The first-order valence-corrected chi connectivity index (χ1v) is 6.78. The van der Waals surface area contributed by atoms with Crippen LogP contribution in [0.25, 0.3) is 0 Å². The van der Waals surface area contributed by atoms with E-state index in [1.807, 2.05) is 6.07 Å². The van der Waals surface area contributed by atoms with Crippen LogP contribution >= 0.6 is 15.9 Å². The Hall–Kier alpha value is -1.26. The number of hydrogen-bond donors (Lipinski definition) is 1. The van der Waals surface area contributed by atoms with Crippen LogP contribution in [-0.4, -0.2) is 6.04 Å². The van der Waals surface area contributed by atoms with E-state index < -0.39 is 0 Å². The molecule has 100 valence electrons. The van der Waals surface area contributed by atoms with Gasteiger partial charge in [-0.05, 0) is 58.1 Å². The van der Waals surface area contributed by atoms with Crippen molar-refractivity contribution in [1.29, 1.82) is 0 Å². The van der Waals surface area contributed by atoms with Crippen LogP contribution in [0.4, 0.5) is 8.78 Å². The van der Waals surface area contributed by atoms with Crippen molar-refractivity contribution >= 4 is 15.9 Å². The van der Waals surface area contributed by atoms with Crippen LogP contribution in [0.15, 0.2) is 46.9 Å². The van der Waals surface area contributed by atoms with Gasteiger partial charge in [0.05, 0.1) is 4.47 Å². The molecule has 2 aromatic rings. The van der Waals surface area contributed by atoms with Gasteiger partial charge in [0.25, 0.3) is 0 Å². The smallest absolute Gasteiger partial charge is 0.137 e. The molecule has 0 aliphatic heterocycles. The van der Waals surface area contributed by atoms with E-state index in [4.69, 9.17) is 5.73 Å². The first kappa shape index (κ1) is 14.2. The summed E-state index contributed by atoms with van der Waals surface area (Å²) in [6, 6.07) is 11.0. The van der Waals surface area contributed by atoms with Crippen molar-refractivity contribution < 1.29 is 8.78 Å². The molecular weight excluding hydrogens is 312 g/mol.